The zero-order valence-electron chi connectivity index (χ0n) is 15.2. The SMILES string of the molecule is CC(C)(C)C(=O)Nc1cccc(C(=O)NC2C3CCC(C3)C2CO)c1. The van der Waals surface area contributed by atoms with Crippen LogP contribution < -0.4 is 10.6 Å². The first kappa shape index (κ1) is 17.9. The fraction of sp³-hybridized carbons (Fsp3) is 0.600. The van der Waals surface area contributed by atoms with Gasteiger partial charge in [-0.1, -0.05) is 26.8 Å². The first-order valence-electron chi connectivity index (χ1n) is 9.13. The van der Waals surface area contributed by atoms with Crippen LogP contribution in [0.15, 0.2) is 24.3 Å². The van der Waals surface area contributed by atoms with Crippen LogP contribution in [0.5, 0.6) is 0 Å². The molecule has 3 N–H and O–H groups in total. The maximum atomic E-state index is 12.7. The molecule has 0 aliphatic heterocycles. The van der Waals surface area contributed by atoms with Gasteiger partial charge in [0.25, 0.3) is 5.91 Å². The number of fused-ring (bicyclic) bond motifs is 2. The third kappa shape index (κ3) is 3.71. The number of aliphatic hydroxyl groups is 1. The number of anilines is 1. The third-order valence-corrected chi connectivity index (χ3v) is 5.66. The summed E-state index contributed by atoms with van der Waals surface area (Å²) in [7, 11) is 0. The van der Waals surface area contributed by atoms with E-state index in [1.807, 2.05) is 20.8 Å². The zero-order valence-corrected chi connectivity index (χ0v) is 15.2. The van der Waals surface area contributed by atoms with Gasteiger partial charge in [0.05, 0.1) is 0 Å². The average Bonchev–Trinajstić information content (AvgIpc) is 3.15. The van der Waals surface area contributed by atoms with E-state index in [1.54, 1.807) is 24.3 Å². The molecule has 25 heavy (non-hydrogen) atoms. The number of aliphatic hydroxyl groups excluding tert-OH is 1. The molecule has 3 rings (SSSR count). The van der Waals surface area contributed by atoms with Crippen LogP contribution >= 0.6 is 0 Å². The molecular formula is C20H28N2O3. The van der Waals surface area contributed by atoms with Crippen molar-refractivity contribution in [1.82, 2.24) is 5.32 Å². The van der Waals surface area contributed by atoms with Crippen LogP contribution in [0.3, 0.4) is 0 Å². The van der Waals surface area contributed by atoms with E-state index in [2.05, 4.69) is 10.6 Å². The molecule has 1 aromatic carbocycles. The molecule has 0 aromatic heterocycles. The zero-order chi connectivity index (χ0) is 18.2. The van der Waals surface area contributed by atoms with Gasteiger partial charge in [-0.15, -0.1) is 0 Å². The maximum absolute atomic E-state index is 12.7. The van der Waals surface area contributed by atoms with Crippen molar-refractivity contribution in [2.45, 2.75) is 46.1 Å². The number of benzene rings is 1. The van der Waals surface area contributed by atoms with Crippen LogP contribution in [0.25, 0.3) is 0 Å². The van der Waals surface area contributed by atoms with E-state index in [1.165, 1.54) is 0 Å². The van der Waals surface area contributed by atoms with Crippen LogP contribution in [-0.2, 0) is 4.79 Å². The first-order chi connectivity index (χ1) is 11.8. The Morgan fingerprint density at radius 2 is 1.92 bits per heavy atom. The molecule has 0 radical (unpaired) electrons. The lowest BCUT2D eigenvalue weighted by atomic mass is 9.85. The summed E-state index contributed by atoms with van der Waals surface area (Å²) in [6.45, 7) is 5.68. The highest BCUT2D eigenvalue weighted by Gasteiger charge is 2.47. The van der Waals surface area contributed by atoms with E-state index in [0.717, 1.165) is 19.3 Å². The predicted molar refractivity (Wildman–Crippen MR) is 97.2 cm³/mol. The number of carbonyl (C=O) groups excluding carboxylic acids is 2. The predicted octanol–water partition coefficient (Wildman–Crippen LogP) is 2.81. The summed E-state index contributed by atoms with van der Waals surface area (Å²) in [6.07, 6.45) is 3.40. The second kappa shape index (κ2) is 6.79. The Bertz CT molecular complexity index is 665. The highest BCUT2D eigenvalue weighted by Crippen LogP contribution is 2.48. The van der Waals surface area contributed by atoms with E-state index >= 15 is 0 Å². The second-order valence-corrected chi connectivity index (χ2v) is 8.46. The molecule has 5 nitrogen and oxygen atoms in total. The summed E-state index contributed by atoms with van der Waals surface area (Å²) < 4.78 is 0. The lowest BCUT2D eigenvalue weighted by Crippen LogP contribution is -2.45. The molecule has 2 aliphatic carbocycles. The van der Waals surface area contributed by atoms with Crippen molar-refractivity contribution in [3.8, 4) is 0 Å². The Morgan fingerprint density at radius 1 is 1.20 bits per heavy atom. The van der Waals surface area contributed by atoms with Gasteiger partial charge in [-0.2, -0.15) is 0 Å². The van der Waals surface area contributed by atoms with Gasteiger partial charge < -0.3 is 15.7 Å². The number of carbonyl (C=O) groups is 2. The van der Waals surface area contributed by atoms with Crippen molar-refractivity contribution in [3.63, 3.8) is 0 Å². The molecule has 2 amide bonds. The largest absolute Gasteiger partial charge is 0.396 e. The smallest absolute Gasteiger partial charge is 0.251 e. The number of amides is 2. The van der Waals surface area contributed by atoms with Gasteiger partial charge in [-0.25, -0.2) is 0 Å². The molecule has 136 valence electrons. The number of hydrogen-bond acceptors (Lipinski definition) is 3. The van der Waals surface area contributed by atoms with Gasteiger partial charge >= 0.3 is 0 Å². The number of rotatable bonds is 4. The molecule has 2 bridgehead atoms. The van der Waals surface area contributed by atoms with Crippen LogP contribution in [-0.4, -0.2) is 29.6 Å². The van der Waals surface area contributed by atoms with Crippen molar-refractivity contribution in [2.75, 3.05) is 11.9 Å². The molecule has 0 saturated heterocycles. The lowest BCUT2D eigenvalue weighted by molar-refractivity contribution is -0.123. The van der Waals surface area contributed by atoms with Crippen molar-refractivity contribution < 1.29 is 14.7 Å². The van der Waals surface area contributed by atoms with E-state index in [9.17, 15) is 14.7 Å². The monoisotopic (exact) mass is 344 g/mol. The summed E-state index contributed by atoms with van der Waals surface area (Å²) in [5.41, 5.74) is 0.667. The second-order valence-electron chi connectivity index (χ2n) is 8.46. The van der Waals surface area contributed by atoms with E-state index < -0.39 is 5.41 Å². The molecule has 2 aliphatic rings. The lowest BCUT2D eigenvalue weighted by Gasteiger charge is -2.30. The van der Waals surface area contributed by atoms with Gasteiger partial charge in [0.15, 0.2) is 0 Å². The Balaban J connectivity index is 1.68. The summed E-state index contributed by atoms with van der Waals surface area (Å²) in [5.74, 6) is 0.973. The molecule has 0 heterocycles. The van der Waals surface area contributed by atoms with Crippen molar-refractivity contribution in [2.24, 2.45) is 23.2 Å². The third-order valence-electron chi connectivity index (χ3n) is 5.66. The standard InChI is InChI=1S/C20H28N2O3/c1-20(2,3)19(25)21-15-6-4-5-14(10-15)18(24)22-17-13-8-7-12(9-13)16(17)11-23/h4-6,10,12-13,16-17,23H,7-9,11H2,1-3H3,(H,21,25)(H,22,24). The van der Waals surface area contributed by atoms with Gasteiger partial charge in [0, 0.05) is 35.2 Å². The van der Waals surface area contributed by atoms with Crippen LogP contribution in [0.2, 0.25) is 0 Å². The minimum Gasteiger partial charge on any atom is -0.396 e. The molecule has 4 unspecified atom stereocenters. The van der Waals surface area contributed by atoms with Crippen LogP contribution in [0, 0.1) is 23.2 Å². The number of nitrogens with one attached hydrogen (secondary N) is 2. The van der Waals surface area contributed by atoms with E-state index in [0.29, 0.717) is 23.1 Å². The fourth-order valence-electron chi connectivity index (χ4n) is 4.19. The Morgan fingerprint density at radius 3 is 2.60 bits per heavy atom. The summed E-state index contributed by atoms with van der Waals surface area (Å²) in [4.78, 5) is 24.8. The molecule has 1 aromatic rings. The Hall–Kier alpha value is -1.88. The quantitative estimate of drug-likeness (QED) is 0.786. The number of hydrogen-bond donors (Lipinski definition) is 3. The first-order valence-corrected chi connectivity index (χ1v) is 9.13. The van der Waals surface area contributed by atoms with Crippen molar-refractivity contribution in [3.05, 3.63) is 29.8 Å². The Labute approximate surface area is 149 Å². The average molecular weight is 344 g/mol. The highest BCUT2D eigenvalue weighted by atomic mass is 16.3. The minimum atomic E-state index is -0.490. The van der Waals surface area contributed by atoms with E-state index in [4.69, 9.17) is 0 Å². The molecule has 2 saturated carbocycles. The summed E-state index contributed by atoms with van der Waals surface area (Å²) in [6, 6.07) is 7.08. The summed E-state index contributed by atoms with van der Waals surface area (Å²) >= 11 is 0. The highest BCUT2D eigenvalue weighted by molar-refractivity contribution is 5.98. The molecule has 5 heteroatoms. The normalized spacial score (nSPS) is 28.0. The van der Waals surface area contributed by atoms with Crippen molar-refractivity contribution in [1.29, 1.82) is 0 Å². The summed E-state index contributed by atoms with van der Waals surface area (Å²) in [5, 5.41) is 15.6. The van der Waals surface area contributed by atoms with Crippen LogP contribution in [0.1, 0.15) is 50.4 Å². The fourth-order valence-corrected chi connectivity index (χ4v) is 4.19. The van der Waals surface area contributed by atoms with Crippen molar-refractivity contribution >= 4 is 17.5 Å². The van der Waals surface area contributed by atoms with Gasteiger partial charge in [0.2, 0.25) is 5.91 Å². The molecule has 0 spiro atoms. The van der Waals surface area contributed by atoms with Crippen LogP contribution in [0.4, 0.5) is 5.69 Å². The topological polar surface area (TPSA) is 78.4 Å². The Kier molecular flexibility index (Phi) is 4.87. The molecule has 2 fully saturated rings. The van der Waals surface area contributed by atoms with Gasteiger partial charge in [-0.05, 0) is 49.3 Å². The van der Waals surface area contributed by atoms with E-state index in [-0.39, 0.29) is 30.4 Å². The molecular weight excluding hydrogens is 316 g/mol. The minimum absolute atomic E-state index is 0.0593. The van der Waals surface area contributed by atoms with Gasteiger partial charge in [-0.3, -0.25) is 9.59 Å². The molecule has 4 atom stereocenters. The van der Waals surface area contributed by atoms with Gasteiger partial charge in [0.1, 0.15) is 0 Å². The maximum Gasteiger partial charge on any atom is 0.251 e.